The Morgan fingerprint density at radius 1 is 1.17 bits per heavy atom. The molecule has 2 aliphatic rings. The monoisotopic (exact) mass is 181 g/mol. The molecule has 0 bridgehead atoms. The standard InChI is InChI=1S/C10H15NS/c1-2-4-10(5-3-1)11-6-8-12-9-7-11/h1-4,10H,5-9H2. The van der Waals surface area contributed by atoms with E-state index in [1.165, 1.54) is 31.0 Å². The fraction of sp³-hybridized carbons (Fsp3) is 0.600. The van der Waals surface area contributed by atoms with Gasteiger partial charge in [0.05, 0.1) is 0 Å². The van der Waals surface area contributed by atoms with Crippen molar-refractivity contribution in [2.45, 2.75) is 12.5 Å². The van der Waals surface area contributed by atoms with Crippen LogP contribution in [0.4, 0.5) is 0 Å². The number of thioether (sulfide) groups is 1. The Morgan fingerprint density at radius 3 is 2.67 bits per heavy atom. The minimum Gasteiger partial charge on any atom is -0.295 e. The van der Waals surface area contributed by atoms with Crippen LogP contribution in [0.15, 0.2) is 24.3 Å². The lowest BCUT2D eigenvalue weighted by atomic mass is 10.1. The van der Waals surface area contributed by atoms with Gasteiger partial charge in [-0.25, -0.2) is 0 Å². The van der Waals surface area contributed by atoms with Crippen LogP contribution >= 0.6 is 11.8 Å². The van der Waals surface area contributed by atoms with E-state index in [1.807, 2.05) is 0 Å². The third-order valence-corrected chi connectivity index (χ3v) is 3.42. The highest BCUT2D eigenvalue weighted by Crippen LogP contribution is 2.17. The number of hydrogen-bond donors (Lipinski definition) is 0. The summed E-state index contributed by atoms with van der Waals surface area (Å²) in [4.78, 5) is 2.59. The van der Waals surface area contributed by atoms with Crippen molar-refractivity contribution in [3.63, 3.8) is 0 Å². The highest BCUT2D eigenvalue weighted by Gasteiger charge is 2.17. The molecular weight excluding hydrogens is 166 g/mol. The Balaban J connectivity index is 1.90. The highest BCUT2D eigenvalue weighted by molar-refractivity contribution is 7.99. The van der Waals surface area contributed by atoms with Crippen LogP contribution < -0.4 is 0 Å². The van der Waals surface area contributed by atoms with Crippen LogP contribution in [0, 0.1) is 0 Å². The molecule has 0 saturated carbocycles. The van der Waals surface area contributed by atoms with E-state index in [9.17, 15) is 0 Å². The largest absolute Gasteiger partial charge is 0.295 e. The van der Waals surface area contributed by atoms with Crippen LogP contribution in [-0.2, 0) is 0 Å². The molecule has 1 heterocycles. The molecule has 0 amide bonds. The fourth-order valence-corrected chi connectivity index (χ4v) is 2.68. The van der Waals surface area contributed by atoms with Gasteiger partial charge in [0.1, 0.15) is 0 Å². The summed E-state index contributed by atoms with van der Waals surface area (Å²) in [5, 5.41) is 0. The van der Waals surface area contributed by atoms with Crippen molar-refractivity contribution in [1.29, 1.82) is 0 Å². The summed E-state index contributed by atoms with van der Waals surface area (Å²) in [6.07, 6.45) is 10.1. The molecule has 0 aromatic carbocycles. The second-order valence-electron chi connectivity index (χ2n) is 3.26. The van der Waals surface area contributed by atoms with E-state index in [1.54, 1.807) is 0 Å². The molecule has 1 atom stereocenters. The minimum atomic E-state index is 0.691. The van der Waals surface area contributed by atoms with Gasteiger partial charge in [-0.05, 0) is 6.42 Å². The third kappa shape index (κ3) is 1.93. The van der Waals surface area contributed by atoms with E-state index in [2.05, 4.69) is 41.0 Å². The second-order valence-corrected chi connectivity index (χ2v) is 4.49. The van der Waals surface area contributed by atoms with E-state index in [4.69, 9.17) is 0 Å². The predicted octanol–water partition coefficient (Wildman–Crippen LogP) is 1.92. The van der Waals surface area contributed by atoms with E-state index in [0.29, 0.717) is 6.04 Å². The van der Waals surface area contributed by atoms with Gasteiger partial charge in [0.25, 0.3) is 0 Å². The molecule has 2 heteroatoms. The van der Waals surface area contributed by atoms with Crippen LogP contribution in [0.3, 0.4) is 0 Å². The Kier molecular flexibility index (Phi) is 2.90. The smallest absolute Gasteiger partial charge is 0.0316 e. The summed E-state index contributed by atoms with van der Waals surface area (Å²) in [7, 11) is 0. The first-order valence-electron chi connectivity index (χ1n) is 4.62. The van der Waals surface area contributed by atoms with E-state index in [-0.39, 0.29) is 0 Å². The van der Waals surface area contributed by atoms with E-state index >= 15 is 0 Å². The first kappa shape index (κ1) is 8.39. The molecule has 66 valence electrons. The van der Waals surface area contributed by atoms with E-state index < -0.39 is 0 Å². The summed E-state index contributed by atoms with van der Waals surface area (Å²) >= 11 is 2.08. The number of allylic oxidation sites excluding steroid dienone is 2. The lowest BCUT2D eigenvalue weighted by Crippen LogP contribution is -2.40. The van der Waals surface area contributed by atoms with Crippen molar-refractivity contribution in [2.24, 2.45) is 0 Å². The van der Waals surface area contributed by atoms with Gasteiger partial charge < -0.3 is 0 Å². The summed E-state index contributed by atoms with van der Waals surface area (Å²) in [5.41, 5.74) is 0. The van der Waals surface area contributed by atoms with Crippen LogP contribution in [0.25, 0.3) is 0 Å². The average Bonchev–Trinajstić information content (AvgIpc) is 2.21. The van der Waals surface area contributed by atoms with Crippen molar-refractivity contribution < 1.29 is 0 Å². The second kappa shape index (κ2) is 4.15. The van der Waals surface area contributed by atoms with Crippen LogP contribution in [-0.4, -0.2) is 35.5 Å². The SMILES string of the molecule is C1=CCC(N2CCSCC2)C=C1. The van der Waals surface area contributed by atoms with E-state index in [0.717, 1.165) is 0 Å². The first-order chi connectivity index (χ1) is 5.97. The maximum Gasteiger partial charge on any atom is 0.0316 e. The van der Waals surface area contributed by atoms with Crippen LogP contribution in [0.5, 0.6) is 0 Å². The fourth-order valence-electron chi connectivity index (χ4n) is 1.75. The zero-order valence-electron chi connectivity index (χ0n) is 7.28. The Labute approximate surface area is 78.5 Å². The van der Waals surface area contributed by atoms with Gasteiger partial charge in [0.2, 0.25) is 0 Å². The summed E-state index contributed by atoms with van der Waals surface area (Å²) in [5.74, 6) is 2.63. The summed E-state index contributed by atoms with van der Waals surface area (Å²) in [6, 6.07) is 0.691. The quantitative estimate of drug-likeness (QED) is 0.608. The Hall–Kier alpha value is -0.210. The number of hydrogen-bond acceptors (Lipinski definition) is 2. The predicted molar refractivity (Wildman–Crippen MR) is 55.6 cm³/mol. The molecule has 0 spiro atoms. The molecule has 12 heavy (non-hydrogen) atoms. The summed E-state index contributed by atoms with van der Waals surface area (Å²) < 4.78 is 0. The zero-order chi connectivity index (χ0) is 8.23. The summed E-state index contributed by atoms with van der Waals surface area (Å²) in [6.45, 7) is 2.54. The lowest BCUT2D eigenvalue weighted by molar-refractivity contribution is 0.253. The number of nitrogens with zero attached hydrogens (tertiary/aromatic N) is 1. The highest BCUT2D eigenvalue weighted by atomic mass is 32.2. The Morgan fingerprint density at radius 2 is 2.00 bits per heavy atom. The Bertz CT molecular complexity index is 192. The molecule has 0 radical (unpaired) electrons. The molecule has 0 N–H and O–H groups in total. The molecule has 1 aliphatic carbocycles. The normalized spacial score (nSPS) is 30.8. The van der Waals surface area contributed by atoms with Gasteiger partial charge in [-0.1, -0.05) is 24.3 Å². The first-order valence-corrected chi connectivity index (χ1v) is 5.77. The van der Waals surface area contributed by atoms with Crippen molar-refractivity contribution in [3.8, 4) is 0 Å². The zero-order valence-corrected chi connectivity index (χ0v) is 8.09. The number of rotatable bonds is 1. The van der Waals surface area contributed by atoms with Gasteiger partial charge in [-0.2, -0.15) is 11.8 Å². The van der Waals surface area contributed by atoms with Crippen LogP contribution in [0.1, 0.15) is 6.42 Å². The molecule has 0 aromatic heterocycles. The molecule has 1 aliphatic heterocycles. The molecule has 1 nitrogen and oxygen atoms in total. The molecule has 1 unspecified atom stereocenters. The van der Waals surface area contributed by atoms with Gasteiger partial charge in [-0.3, -0.25) is 4.90 Å². The minimum absolute atomic E-state index is 0.691. The van der Waals surface area contributed by atoms with Crippen molar-refractivity contribution in [2.75, 3.05) is 24.6 Å². The van der Waals surface area contributed by atoms with Gasteiger partial charge >= 0.3 is 0 Å². The maximum atomic E-state index is 2.59. The van der Waals surface area contributed by atoms with Crippen molar-refractivity contribution in [1.82, 2.24) is 4.90 Å². The molecule has 1 saturated heterocycles. The molecular formula is C10H15NS. The van der Waals surface area contributed by atoms with Crippen molar-refractivity contribution >= 4 is 11.8 Å². The van der Waals surface area contributed by atoms with Gasteiger partial charge in [0.15, 0.2) is 0 Å². The van der Waals surface area contributed by atoms with Crippen LogP contribution in [0.2, 0.25) is 0 Å². The maximum absolute atomic E-state index is 2.59. The topological polar surface area (TPSA) is 3.24 Å². The van der Waals surface area contributed by atoms with Gasteiger partial charge in [-0.15, -0.1) is 0 Å². The molecule has 0 aromatic rings. The van der Waals surface area contributed by atoms with Crippen molar-refractivity contribution in [3.05, 3.63) is 24.3 Å². The lowest BCUT2D eigenvalue weighted by Gasteiger charge is -2.32. The average molecular weight is 181 g/mol. The molecule has 1 fully saturated rings. The molecule has 2 rings (SSSR count). The third-order valence-electron chi connectivity index (χ3n) is 2.47. The van der Waals surface area contributed by atoms with Gasteiger partial charge in [0, 0.05) is 30.6 Å².